The fraction of sp³-hybridized carbons (Fsp3) is 0.346. The molecule has 0 bridgehead atoms. The number of carbonyl (C=O) groups is 1. The van der Waals surface area contributed by atoms with Crippen molar-refractivity contribution in [3.05, 3.63) is 54.1 Å². The largest absolute Gasteiger partial charge is 0.493 e. The van der Waals surface area contributed by atoms with Crippen LogP contribution in [-0.4, -0.2) is 68.6 Å². The number of ether oxygens (including phenoxy) is 3. The number of benzene rings is 2. The Hall–Kier alpha value is -4.01. The first-order chi connectivity index (χ1) is 17.1. The number of piperazine rings is 1. The first-order valence-electron chi connectivity index (χ1n) is 11.6. The normalized spacial score (nSPS) is 13.4. The minimum absolute atomic E-state index is 0.184. The lowest BCUT2D eigenvalue weighted by molar-refractivity contribution is 0.208. The van der Waals surface area contributed by atoms with E-state index in [0.29, 0.717) is 49.1 Å². The van der Waals surface area contributed by atoms with Crippen LogP contribution in [-0.2, 0) is 6.42 Å². The maximum absolute atomic E-state index is 12.9. The van der Waals surface area contributed by atoms with Gasteiger partial charge >= 0.3 is 6.03 Å². The van der Waals surface area contributed by atoms with Gasteiger partial charge in [-0.25, -0.2) is 4.79 Å². The Kier molecular flexibility index (Phi) is 7.54. The lowest BCUT2D eigenvalue weighted by Gasteiger charge is -2.35. The average molecular weight is 478 g/mol. The van der Waals surface area contributed by atoms with E-state index in [1.54, 1.807) is 38.4 Å². The number of methoxy groups -OCH3 is 3. The molecule has 1 fully saturated rings. The Morgan fingerprint density at radius 1 is 0.886 bits per heavy atom. The minimum atomic E-state index is -0.184. The SMILES string of the molecule is CCc1ccc(-c2ccc(N3CCN(C(=O)Nc4cc(OC)c(OC)c(OC)c4)CC3)nn2)cc1. The molecule has 0 unspecified atom stereocenters. The summed E-state index contributed by atoms with van der Waals surface area (Å²) in [5, 5.41) is 11.8. The molecule has 2 heterocycles. The van der Waals surface area contributed by atoms with Crippen LogP contribution in [0.3, 0.4) is 0 Å². The molecule has 0 saturated carbocycles. The second-order valence-electron chi connectivity index (χ2n) is 8.15. The number of aryl methyl sites for hydroxylation is 1. The highest BCUT2D eigenvalue weighted by Gasteiger charge is 2.23. The molecule has 0 spiro atoms. The molecule has 1 saturated heterocycles. The van der Waals surface area contributed by atoms with E-state index in [4.69, 9.17) is 14.2 Å². The summed E-state index contributed by atoms with van der Waals surface area (Å²) in [7, 11) is 4.62. The van der Waals surface area contributed by atoms with Gasteiger partial charge in [-0.05, 0) is 24.1 Å². The van der Waals surface area contributed by atoms with Crippen molar-refractivity contribution in [2.45, 2.75) is 13.3 Å². The zero-order chi connectivity index (χ0) is 24.8. The van der Waals surface area contributed by atoms with Crippen molar-refractivity contribution in [3.8, 4) is 28.5 Å². The van der Waals surface area contributed by atoms with Crippen LogP contribution < -0.4 is 24.4 Å². The van der Waals surface area contributed by atoms with E-state index in [1.807, 2.05) is 12.1 Å². The van der Waals surface area contributed by atoms with Crippen molar-refractivity contribution < 1.29 is 19.0 Å². The Morgan fingerprint density at radius 2 is 1.54 bits per heavy atom. The molecule has 184 valence electrons. The van der Waals surface area contributed by atoms with Crippen LogP contribution in [0.25, 0.3) is 11.3 Å². The molecular formula is C26H31N5O4. The molecule has 35 heavy (non-hydrogen) atoms. The number of urea groups is 1. The average Bonchev–Trinajstić information content (AvgIpc) is 2.92. The smallest absolute Gasteiger partial charge is 0.321 e. The highest BCUT2D eigenvalue weighted by atomic mass is 16.5. The van der Waals surface area contributed by atoms with Gasteiger partial charge in [-0.1, -0.05) is 31.2 Å². The number of anilines is 2. The summed E-state index contributed by atoms with van der Waals surface area (Å²) in [6.07, 6.45) is 1.01. The lowest BCUT2D eigenvalue weighted by atomic mass is 10.1. The van der Waals surface area contributed by atoms with E-state index in [9.17, 15) is 4.79 Å². The van der Waals surface area contributed by atoms with Crippen molar-refractivity contribution in [1.29, 1.82) is 0 Å². The molecule has 0 aliphatic carbocycles. The zero-order valence-electron chi connectivity index (χ0n) is 20.6. The van der Waals surface area contributed by atoms with Crippen molar-refractivity contribution in [3.63, 3.8) is 0 Å². The van der Waals surface area contributed by atoms with Crippen molar-refractivity contribution in [1.82, 2.24) is 15.1 Å². The van der Waals surface area contributed by atoms with Crippen LogP contribution in [0.4, 0.5) is 16.3 Å². The molecule has 1 aliphatic heterocycles. The van der Waals surface area contributed by atoms with Gasteiger partial charge in [-0.15, -0.1) is 10.2 Å². The molecule has 0 radical (unpaired) electrons. The minimum Gasteiger partial charge on any atom is -0.493 e. The van der Waals surface area contributed by atoms with E-state index >= 15 is 0 Å². The Bertz CT molecular complexity index is 1120. The third-order valence-corrected chi connectivity index (χ3v) is 6.12. The number of aromatic nitrogens is 2. The van der Waals surface area contributed by atoms with Crippen LogP contribution in [0.5, 0.6) is 17.2 Å². The van der Waals surface area contributed by atoms with Crippen LogP contribution in [0.1, 0.15) is 12.5 Å². The number of nitrogens with one attached hydrogen (secondary N) is 1. The van der Waals surface area contributed by atoms with Gasteiger partial charge in [0, 0.05) is 43.9 Å². The molecule has 1 aromatic heterocycles. The Balaban J connectivity index is 1.35. The first-order valence-corrected chi connectivity index (χ1v) is 11.6. The summed E-state index contributed by atoms with van der Waals surface area (Å²) in [6.45, 7) is 4.61. The molecule has 4 rings (SSSR count). The second kappa shape index (κ2) is 10.9. The van der Waals surface area contributed by atoms with E-state index in [0.717, 1.165) is 23.5 Å². The predicted octanol–water partition coefficient (Wildman–Crippen LogP) is 4.09. The molecule has 2 aromatic carbocycles. The predicted molar refractivity (Wildman–Crippen MR) is 136 cm³/mol. The number of rotatable bonds is 7. The Morgan fingerprint density at radius 3 is 2.06 bits per heavy atom. The molecule has 1 aliphatic rings. The van der Waals surface area contributed by atoms with Gasteiger partial charge in [0.1, 0.15) is 0 Å². The van der Waals surface area contributed by atoms with Crippen LogP contribution in [0.2, 0.25) is 0 Å². The molecule has 9 heteroatoms. The highest BCUT2D eigenvalue weighted by Crippen LogP contribution is 2.40. The summed E-state index contributed by atoms with van der Waals surface area (Å²) in [5.41, 5.74) is 3.76. The molecule has 0 atom stereocenters. The number of hydrogen-bond acceptors (Lipinski definition) is 7. The van der Waals surface area contributed by atoms with Crippen LogP contribution >= 0.6 is 0 Å². The van der Waals surface area contributed by atoms with E-state index < -0.39 is 0 Å². The van der Waals surface area contributed by atoms with Gasteiger partial charge < -0.3 is 29.3 Å². The number of nitrogens with zero attached hydrogens (tertiary/aromatic N) is 4. The van der Waals surface area contributed by atoms with Crippen molar-refractivity contribution >= 4 is 17.5 Å². The lowest BCUT2D eigenvalue weighted by Crippen LogP contribution is -2.50. The van der Waals surface area contributed by atoms with Crippen molar-refractivity contribution in [2.24, 2.45) is 0 Å². The number of hydrogen-bond donors (Lipinski definition) is 1. The maximum Gasteiger partial charge on any atom is 0.321 e. The fourth-order valence-electron chi connectivity index (χ4n) is 4.05. The summed E-state index contributed by atoms with van der Waals surface area (Å²) in [4.78, 5) is 16.8. The zero-order valence-corrected chi connectivity index (χ0v) is 20.6. The molecule has 1 N–H and O–H groups in total. The van der Waals surface area contributed by atoms with Gasteiger partial charge in [-0.2, -0.15) is 0 Å². The molecule has 3 aromatic rings. The van der Waals surface area contributed by atoms with Gasteiger partial charge in [0.05, 0.1) is 32.7 Å². The van der Waals surface area contributed by atoms with Gasteiger partial charge in [-0.3, -0.25) is 0 Å². The standard InChI is InChI=1S/C26H31N5O4/c1-5-18-6-8-19(9-7-18)21-10-11-24(29-28-21)30-12-14-31(15-13-30)26(32)27-20-16-22(33-2)25(35-4)23(17-20)34-3/h6-11,16-17H,5,12-15H2,1-4H3,(H,27,32). The molecule has 2 amide bonds. The monoisotopic (exact) mass is 477 g/mol. The van der Waals surface area contributed by atoms with E-state index in [2.05, 4.69) is 51.6 Å². The number of carbonyl (C=O) groups excluding carboxylic acids is 1. The van der Waals surface area contributed by atoms with Gasteiger partial charge in [0.15, 0.2) is 17.3 Å². The third kappa shape index (κ3) is 5.40. The summed E-state index contributed by atoms with van der Waals surface area (Å²) >= 11 is 0. The maximum atomic E-state index is 12.9. The Labute approximate surface area is 205 Å². The quantitative estimate of drug-likeness (QED) is 0.548. The topological polar surface area (TPSA) is 89.1 Å². The summed E-state index contributed by atoms with van der Waals surface area (Å²) < 4.78 is 16.1. The highest BCUT2D eigenvalue weighted by molar-refractivity contribution is 5.90. The first kappa shape index (κ1) is 24.1. The van der Waals surface area contributed by atoms with Gasteiger partial charge in [0.25, 0.3) is 0 Å². The fourth-order valence-corrected chi connectivity index (χ4v) is 4.05. The van der Waals surface area contributed by atoms with Crippen molar-refractivity contribution in [2.75, 3.05) is 57.7 Å². The van der Waals surface area contributed by atoms with Crippen LogP contribution in [0.15, 0.2) is 48.5 Å². The third-order valence-electron chi connectivity index (χ3n) is 6.12. The molecular weight excluding hydrogens is 446 g/mol. The summed E-state index contributed by atoms with van der Waals surface area (Å²) in [6, 6.07) is 15.6. The number of amides is 2. The van der Waals surface area contributed by atoms with Gasteiger partial charge in [0.2, 0.25) is 5.75 Å². The van der Waals surface area contributed by atoms with E-state index in [-0.39, 0.29) is 6.03 Å². The second-order valence-corrected chi connectivity index (χ2v) is 8.15. The molecule has 9 nitrogen and oxygen atoms in total. The van der Waals surface area contributed by atoms with E-state index in [1.165, 1.54) is 5.56 Å². The van der Waals surface area contributed by atoms with Crippen LogP contribution in [0, 0.1) is 0 Å². The summed E-state index contributed by atoms with van der Waals surface area (Å²) in [5.74, 6) is 2.25.